The van der Waals surface area contributed by atoms with Gasteiger partial charge in [0.15, 0.2) is 17.5 Å². The van der Waals surface area contributed by atoms with E-state index in [4.69, 9.17) is 19.4 Å². The number of hydrogen-bond donors (Lipinski definition) is 0. The first kappa shape index (κ1) is 34.0. The second kappa shape index (κ2) is 13.3. The Morgan fingerprint density at radius 3 is 1.87 bits per heavy atom. The third kappa shape index (κ3) is 5.36. The number of rotatable bonds is 5. The molecule has 0 N–H and O–H groups in total. The van der Waals surface area contributed by atoms with Gasteiger partial charge < -0.3 is 8.98 Å². The molecule has 13 aromatic rings. The highest BCUT2D eigenvalue weighted by Gasteiger charge is 2.21. The SMILES string of the molecule is c1ccc(-c2nc(-c3ccc(-n4c5ccccc5c5cc6ccccc6cc54)c(-c4cccc5c4sc4ccccc45)c3)nc(-c3ccc4oc5ccccc5c4c3)n2)cc1. The Balaban J connectivity index is 1.09. The van der Waals surface area contributed by atoms with E-state index in [1.165, 1.54) is 41.7 Å². The van der Waals surface area contributed by atoms with E-state index >= 15 is 0 Å². The maximum atomic E-state index is 6.20. The summed E-state index contributed by atoms with van der Waals surface area (Å²) in [5.74, 6) is 1.82. The molecule has 0 aliphatic heterocycles. The summed E-state index contributed by atoms with van der Waals surface area (Å²) in [5.41, 5.74) is 10.1. The molecule has 0 saturated heterocycles. The minimum Gasteiger partial charge on any atom is -0.456 e. The first-order valence-electron chi connectivity index (χ1n) is 20.4. The van der Waals surface area contributed by atoms with Crippen LogP contribution >= 0.6 is 11.3 Å². The molecule has 13 rings (SSSR count). The molecule has 0 saturated carbocycles. The van der Waals surface area contributed by atoms with Crippen LogP contribution in [0.2, 0.25) is 0 Å². The van der Waals surface area contributed by atoms with Gasteiger partial charge in [-0.1, -0.05) is 127 Å². The van der Waals surface area contributed by atoms with E-state index < -0.39 is 0 Å². The first-order valence-corrected chi connectivity index (χ1v) is 21.2. The maximum absolute atomic E-state index is 6.20. The van der Waals surface area contributed by atoms with Gasteiger partial charge in [0, 0.05) is 69.5 Å². The van der Waals surface area contributed by atoms with E-state index in [2.05, 4.69) is 150 Å². The number of nitrogens with zero attached hydrogens (tertiary/aromatic N) is 4. The van der Waals surface area contributed by atoms with Crippen LogP contribution in [0.3, 0.4) is 0 Å². The fraction of sp³-hybridized carbons (Fsp3) is 0. The molecule has 4 aromatic heterocycles. The molecule has 0 aliphatic carbocycles. The monoisotopic (exact) mass is 796 g/mol. The lowest BCUT2D eigenvalue weighted by Crippen LogP contribution is -2.02. The van der Waals surface area contributed by atoms with Crippen molar-refractivity contribution in [3.8, 4) is 51.0 Å². The molecule has 0 fully saturated rings. The van der Waals surface area contributed by atoms with Gasteiger partial charge in [0.05, 0.1) is 16.7 Å². The summed E-state index contributed by atoms with van der Waals surface area (Å²) in [5, 5.41) is 9.47. The Hall–Kier alpha value is -7.93. The van der Waals surface area contributed by atoms with Crippen molar-refractivity contribution in [1.29, 1.82) is 0 Å². The number of thiophene rings is 1. The van der Waals surface area contributed by atoms with Crippen LogP contribution in [0.4, 0.5) is 0 Å². The number of benzene rings is 9. The summed E-state index contributed by atoms with van der Waals surface area (Å²) < 4.78 is 11.2. The summed E-state index contributed by atoms with van der Waals surface area (Å²) >= 11 is 1.84. The number of hydrogen-bond acceptors (Lipinski definition) is 5. The Morgan fingerprint density at radius 1 is 0.377 bits per heavy atom. The third-order valence-electron chi connectivity index (χ3n) is 12.0. The van der Waals surface area contributed by atoms with Crippen LogP contribution in [0.25, 0.3) is 126 Å². The minimum absolute atomic E-state index is 0.600. The molecule has 4 heterocycles. The van der Waals surface area contributed by atoms with Gasteiger partial charge >= 0.3 is 0 Å². The number of para-hydroxylation sites is 2. The van der Waals surface area contributed by atoms with Crippen molar-refractivity contribution in [2.24, 2.45) is 0 Å². The van der Waals surface area contributed by atoms with Crippen molar-refractivity contribution in [2.45, 2.75) is 0 Å². The fourth-order valence-corrected chi connectivity index (χ4v) is 10.4. The summed E-state index contributed by atoms with van der Waals surface area (Å²) in [6.45, 7) is 0. The van der Waals surface area contributed by atoms with E-state index in [9.17, 15) is 0 Å². The largest absolute Gasteiger partial charge is 0.456 e. The smallest absolute Gasteiger partial charge is 0.164 e. The molecule has 5 nitrogen and oxygen atoms in total. The van der Waals surface area contributed by atoms with Crippen LogP contribution < -0.4 is 0 Å². The number of fused-ring (bicyclic) bond motifs is 10. The molecule has 0 spiro atoms. The second-order valence-electron chi connectivity index (χ2n) is 15.6. The van der Waals surface area contributed by atoms with Gasteiger partial charge in [0.25, 0.3) is 0 Å². The topological polar surface area (TPSA) is 56.7 Å². The molecule has 284 valence electrons. The summed E-state index contributed by atoms with van der Waals surface area (Å²) in [7, 11) is 0. The van der Waals surface area contributed by atoms with Gasteiger partial charge in [-0.05, 0) is 77.5 Å². The molecule has 0 amide bonds. The highest BCUT2D eigenvalue weighted by molar-refractivity contribution is 7.26. The zero-order chi connectivity index (χ0) is 40.0. The van der Waals surface area contributed by atoms with E-state index in [1.54, 1.807) is 0 Å². The van der Waals surface area contributed by atoms with E-state index in [0.29, 0.717) is 17.5 Å². The predicted molar refractivity (Wildman–Crippen MR) is 254 cm³/mol. The van der Waals surface area contributed by atoms with Gasteiger partial charge in [-0.3, -0.25) is 0 Å². The molecular weight excluding hydrogens is 765 g/mol. The lowest BCUT2D eigenvalue weighted by Gasteiger charge is -2.17. The van der Waals surface area contributed by atoms with Crippen LogP contribution in [0.15, 0.2) is 199 Å². The molecule has 0 radical (unpaired) electrons. The normalized spacial score (nSPS) is 11.9. The maximum Gasteiger partial charge on any atom is 0.164 e. The summed E-state index contributed by atoms with van der Waals surface area (Å²) in [4.78, 5) is 15.6. The predicted octanol–water partition coefficient (Wildman–Crippen LogP) is 15.1. The summed E-state index contributed by atoms with van der Waals surface area (Å²) in [6.07, 6.45) is 0. The Bertz CT molecular complexity index is 3900. The number of furan rings is 1. The Labute approximate surface area is 353 Å². The quantitative estimate of drug-likeness (QED) is 0.174. The van der Waals surface area contributed by atoms with Crippen molar-refractivity contribution < 1.29 is 4.42 Å². The van der Waals surface area contributed by atoms with Crippen LogP contribution in [0, 0.1) is 0 Å². The minimum atomic E-state index is 0.600. The van der Waals surface area contributed by atoms with Gasteiger partial charge in [-0.2, -0.15) is 0 Å². The lowest BCUT2D eigenvalue weighted by molar-refractivity contribution is 0.669. The van der Waals surface area contributed by atoms with Crippen LogP contribution in [0.1, 0.15) is 0 Å². The fourth-order valence-electron chi connectivity index (χ4n) is 9.18. The molecule has 9 aromatic carbocycles. The van der Waals surface area contributed by atoms with Gasteiger partial charge in [0.1, 0.15) is 11.2 Å². The average molecular weight is 797 g/mol. The van der Waals surface area contributed by atoms with Crippen molar-refractivity contribution in [3.63, 3.8) is 0 Å². The van der Waals surface area contributed by atoms with Crippen molar-refractivity contribution >= 4 is 86.0 Å². The molecule has 61 heavy (non-hydrogen) atoms. The van der Waals surface area contributed by atoms with Crippen LogP contribution in [-0.4, -0.2) is 19.5 Å². The average Bonchev–Trinajstić information content (AvgIpc) is 4.00. The highest BCUT2D eigenvalue weighted by atomic mass is 32.1. The van der Waals surface area contributed by atoms with Crippen LogP contribution in [-0.2, 0) is 0 Å². The molecule has 0 atom stereocenters. The number of aromatic nitrogens is 4. The Kier molecular flexibility index (Phi) is 7.41. The van der Waals surface area contributed by atoms with Crippen molar-refractivity contribution in [1.82, 2.24) is 19.5 Å². The molecular formula is C55H32N4OS. The zero-order valence-electron chi connectivity index (χ0n) is 32.6. The van der Waals surface area contributed by atoms with Gasteiger partial charge in [-0.25, -0.2) is 15.0 Å². The van der Waals surface area contributed by atoms with Crippen LogP contribution in [0.5, 0.6) is 0 Å². The Morgan fingerprint density at radius 2 is 1.02 bits per heavy atom. The standard InChI is InChI=1S/C55H32N4OS/c1-2-13-33(14-3-1)53-56-54(58-55(57-53)37-26-28-50-45(31-37)39-18-7-10-23-49(39)60-50)36-25-27-47(44(30-36)42-21-12-20-41-40-19-8-11-24-51(40)61-52(41)42)59-46-22-9-6-17-38(46)43-29-34-15-4-5-16-35(34)32-48(43)59/h1-32H. The first-order chi connectivity index (χ1) is 30.2. The van der Waals surface area contributed by atoms with Gasteiger partial charge in [-0.15, -0.1) is 11.3 Å². The third-order valence-corrected chi connectivity index (χ3v) is 13.3. The summed E-state index contributed by atoms with van der Waals surface area (Å²) in [6, 6.07) is 68.7. The van der Waals surface area contributed by atoms with E-state index in [-0.39, 0.29) is 0 Å². The molecule has 0 unspecified atom stereocenters. The molecule has 0 aliphatic rings. The lowest BCUT2D eigenvalue weighted by atomic mass is 9.98. The van der Waals surface area contributed by atoms with Gasteiger partial charge in [0.2, 0.25) is 0 Å². The second-order valence-corrected chi connectivity index (χ2v) is 16.6. The zero-order valence-corrected chi connectivity index (χ0v) is 33.4. The molecule has 6 heteroatoms. The van der Waals surface area contributed by atoms with Crippen molar-refractivity contribution in [3.05, 3.63) is 194 Å². The molecule has 0 bridgehead atoms. The van der Waals surface area contributed by atoms with E-state index in [1.807, 2.05) is 59.9 Å². The van der Waals surface area contributed by atoms with Crippen molar-refractivity contribution in [2.75, 3.05) is 0 Å². The van der Waals surface area contributed by atoms with E-state index in [0.717, 1.165) is 66.5 Å². The highest BCUT2D eigenvalue weighted by Crippen LogP contribution is 2.45.